The number of ketones is 1. The number of aliphatic hydroxyl groups is 1. The number of rotatable bonds is 1. The van der Waals surface area contributed by atoms with Gasteiger partial charge >= 0.3 is 0 Å². The number of hydrogen-bond acceptors (Lipinski definition) is 4. The molecule has 0 spiro atoms. The second-order valence-corrected chi connectivity index (χ2v) is 6.85. The monoisotopic (exact) mass is 344 g/mol. The molecule has 0 amide bonds. The number of nitrogens with zero attached hydrogens (tertiary/aromatic N) is 2. The largest absolute Gasteiger partial charge is 0.377 e. The quantitative estimate of drug-likeness (QED) is 0.576. The number of carbonyl (C=O) groups excluding carboxylic acids is 1. The van der Waals surface area contributed by atoms with Crippen molar-refractivity contribution in [3.63, 3.8) is 0 Å². The summed E-state index contributed by atoms with van der Waals surface area (Å²) in [5.74, 6) is -0.387. The van der Waals surface area contributed by atoms with Gasteiger partial charge in [0, 0.05) is 22.1 Å². The molecule has 1 aromatic carbocycles. The summed E-state index contributed by atoms with van der Waals surface area (Å²) in [6.45, 7) is 2.19. The van der Waals surface area contributed by atoms with Crippen molar-refractivity contribution < 1.29 is 9.90 Å². The van der Waals surface area contributed by atoms with Gasteiger partial charge in [0.25, 0.3) is 5.56 Å². The Morgan fingerprint density at radius 3 is 2.81 bits per heavy atom. The first kappa shape index (κ1) is 15.2. The molecule has 1 unspecified atom stereocenters. The number of aromatic nitrogens is 2. The molecule has 0 bridgehead atoms. The van der Waals surface area contributed by atoms with Gasteiger partial charge in [-0.2, -0.15) is 0 Å². The molecule has 5 nitrogen and oxygen atoms in total. The van der Waals surface area contributed by atoms with Crippen LogP contribution in [0.4, 0.5) is 0 Å². The van der Waals surface area contributed by atoms with E-state index in [1.807, 2.05) is 24.3 Å². The third-order valence-corrected chi connectivity index (χ3v) is 5.48. The first-order chi connectivity index (χ1) is 12.5. The van der Waals surface area contributed by atoms with E-state index in [0.717, 1.165) is 22.2 Å². The van der Waals surface area contributed by atoms with Crippen LogP contribution in [0.2, 0.25) is 0 Å². The smallest absolute Gasteiger partial charge is 0.259 e. The van der Waals surface area contributed by atoms with Crippen LogP contribution >= 0.6 is 0 Å². The Morgan fingerprint density at radius 1 is 1.19 bits per heavy atom. The van der Waals surface area contributed by atoms with Crippen molar-refractivity contribution in [3.8, 4) is 11.4 Å². The molecule has 3 heterocycles. The zero-order valence-corrected chi connectivity index (χ0v) is 14.2. The van der Waals surface area contributed by atoms with Gasteiger partial charge in [0.1, 0.15) is 0 Å². The topological polar surface area (TPSA) is 72.2 Å². The average Bonchev–Trinajstić information content (AvgIpc) is 3.01. The fraction of sp³-hybridized carbons (Fsp3) is 0.190. The lowest BCUT2D eigenvalue weighted by atomic mass is 9.80. The van der Waals surface area contributed by atoms with Gasteiger partial charge in [-0.25, -0.2) is 4.98 Å². The summed E-state index contributed by atoms with van der Waals surface area (Å²) in [7, 11) is 0. The molecule has 0 saturated carbocycles. The molecular weight excluding hydrogens is 328 g/mol. The molecule has 0 saturated heterocycles. The van der Waals surface area contributed by atoms with E-state index in [-0.39, 0.29) is 17.8 Å². The molecule has 26 heavy (non-hydrogen) atoms. The minimum Gasteiger partial charge on any atom is -0.377 e. The van der Waals surface area contributed by atoms with Crippen LogP contribution in [0, 0.1) is 0 Å². The average molecular weight is 344 g/mol. The molecule has 2 aliphatic rings. The zero-order chi connectivity index (χ0) is 18.1. The highest BCUT2D eigenvalue weighted by Gasteiger charge is 2.41. The van der Waals surface area contributed by atoms with Crippen molar-refractivity contribution in [1.29, 1.82) is 0 Å². The fourth-order valence-electron chi connectivity index (χ4n) is 3.99. The molecule has 1 atom stereocenters. The molecule has 5 rings (SSSR count). The summed E-state index contributed by atoms with van der Waals surface area (Å²) in [6.07, 6.45) is 3.03. The molecule has 1 N–H and O–H groups in total. The van der Waals surface area contributed by atoms with Crippen molar-refractivity contribution in [2.24, 2.45) is 0 Å². The predicted molar refractivity (Wildman–Crippen MR) is 98.8 cm³/mol. The van der Waals surface area contributed by atoms with E-state index in [1.165, 1.54) is 12.2 Å². The van der Waals surface area contributed by atoms with Crippen LogP contribution in [0.25, 0.3) is 28.4 Å². The standard InChI is InChI=1S/C21H16N2O3/c1-2-21(26)15-10-17-19-13(9-12-5-3-4-6-16(12)22-19)11-23(17)20(25)14(15)7-8-18(21)24/h3-10,26H,2,11H2,1H3. The Kier molecular flexibility index (Phi) is 2.92. The maximum absolute atomic E-state index is 13.0. The summed E-state index contributed by atoms with van der Waals surface area (Å²) in [4.78, 5) is 30.1. The Balaban J connectivity index is 1.83. The van der Waals surface area contributed by atoms with Crippen molar-refractivity contribution in [2.75, 3.05) is 0 Å². The summed E-state index contributed by atoms with van der Waals surface area (Å²) in [6, 6.07) is 11.6. The number of benzene rings is 1. The SMILES string of the molecule is CCC1(O)C(=O)C=Cc2c1cc1n(c2=O)Cc2cc3ccccc3nc2-1. The van der Waals surface area contributed by atoms with Gasteiger partial charge in [-0.3, -0.25) is 9.59 Å². The second-order valence-electron chi connectivity index (χ2n) is 6.85. The maximum Gasteiger partial charge on any atom is 0.259 e. The lowest BCUT2D eigenvalue weighted by molar-refractivity contribution is -0.133. The van der Waals surface area contributed by atoms with Gasteiger partial charge in [-0.1, -0.05) is 25.1 Å². The van der Waals surface area contributed by atoms with E-state index >= 15 is 0 Å². The molecule has 2 aromatic heterocycles. The predicted octanol–water partition coefficient (Wildman–Crippen LogP) is 2.62. The third kappa shape index (κ3) is 1.81. The van der Waals surface area contributed by atoms with Gasteiger partial charge in [0.05, 0.1) is 23.4 Å². The van der Waals surface area contributed by atoms with E-state index in [9.17, 15) is 14.7 Å². The third-order valence-electron chi connectivity index (χ3n) is 5.48. The summed E-state index contributed by atoms with van der Waals surface area (Å²) >= 11 is 0. The highest BCUT2D eigenvalue weighted by molar-refractivity contribution is 6.04. The van der Waals surface area contributed by atoms with Crippen LogP contribution in [0.1, 0.15) is 30.0 Å². The molecule has 1 aliphatic heterocycles. The summed E-state index contributed by atoms with van der Waals surface area (Å²) in [5, 5.41) is 11.9. The number of para-hydroxylation sites is 1. The molecule has 1 aliphatic carbocycles. The van der Waals surface area contributed by atoms with Gasteiger partial charge in [0.15, 0.2) is 11.4 Å². The van der Waals surface area contributed by atoms with Gasteiger partial charge in [0.2, 0.25) is 0 Å². The first-order valence-corrected chi connectivity index (χ1v) is 8.65. The van der Waals surface area contributed by atoms with Crippen LogP contribution in [0.3, 0.4) is 0 Å². The molecular formula is C21H16N2O3. The molecule has 5 heteroatoms. The van der Waals surface area contributed by atoms with Crippen LogP contribution in [-0.4, -0.2) is 20.4 Å². The molecule has 128 valence electrons. The van der Waals surface area contributed by atoms with Crippen LogP contribution in [-0.2, 0) is 16.9 Å². The Labute approximate surface area is 149 Å². The Hall–Kier alpha value is -3.05. The molecule has 0 fully saturated rings. The van der Waals surface area contributed by atoms with Gasteiger partial charge in [-0.05, 0) is 36.8 Å². The van der Waals surface area contributed by atoms with Crippen LogP contribution in [0.5, 0.6) is 0 Å². The number of carbonyl (C=O) groups is 1. The highest BCUT2D eigenvalue weighted by Crippen LogP contribution is 2.38. The number of fused-ring (bicyclic) bond motifs is 5. The van der Waals surface area contributed by atoms with Crippen LogP contribution < -0.4 is 5.56 Å². The van der Waals surface area contributed by atoms with Crippen molar-refractivity contribution in [1.82, 2.24) is 9.55 Å². The Morgan fingerprint density at radius 2 is 2.00 bits per heavy atom. The minimum atomic E-state index is -1.65. The second kappa shape index (κ2) is 4.99. The van der Waals surface area contributed by atoms with E-state index in [4.69, 9.17) is 4.98 Å². The fourth-order valence-corrected chi connectivity index (χ4v) is 3.99. The Bertz CT molecular complexity index is 1210. The van der Waals surface area contributed by atoms with Crippen molar-refractivity contribution >= 4 is 22.8 Å². The van der Waals surface area contributed by atoms with E-state index in [0.29, 0.717) is 23.4 Å². The maximum atomic E-state index is 13.0. The normalized spacial score (nSPS) is 20.2. The number of pyridine rings is 2. The van der Waals surface area contributed by atoms with Crippen molar-refractivity contribution in [2.45, 2.75) is 25.5 Å². The van der Waals surface area contributed by atoms with E-state index in [2.05, 4.69) is 6.07 Å². The lowest BCUT2D eigenvalue weighted by Crippen LogP contribution is -2.39. The summed E-state index contributed by atoms with van der Waals surface area (Å²) in [5.41, 5.74) is 2.13. The molecule has 3 aromatic rings. The van der Waals surface area contributed by atoms with E-state index < -0.39 is 5.60 Å². The molecule has 0 radical (unpaired) electrons. The van der Waals surface area contributed by atoms with Crippen molar-refractivity contribution in [3.05, 3.63) is 69.5 Å². The zero-order valence-electron chi connectivity index (χ0n) is 14.2. The summed E-state index contributed by atoms with van der Waals surface area (Å²) < 4.78 is 1.67. The number of hydrogen-bond donors (Lipinski definition) is 1. The van der Waals surface area contributed by atoms with Gasteiger partial charge in [-0.15, -0.1) is 0 Å². The minimum absolute atomic E-state index is 0.199. The lowest BCUT2D eigenvalue weighted by Gasteiger charge is -2.29. The van der Waals surface area contributed by atoms with Gasteiger partial charge < -0.3 is 9.67 Å². The first-order valence-electron chi connectivity index (χ1n) is 8.65. The highest BCUT2D eigenvalue weighted by atomic mass is 16.3. The van der Waals surface area contributed by atoms with Crippen LogP contribution in [0.15, 0.2) is 47.3 Å². The van der Waals surface area contributed by atoms with E-state index in [1.54, 1.807) is 17.6 Å².